The van der Waals surface area contributed by atoms with Gasteiger partial charge in [0.2, 0.25) is 0 Å². The van der Waals surface area contributed by atoms with Crippen LogP contribution in [-0.4, -0.2) is 16.6 Å². The number of pyridine rings is 1. The minimum Gasteiger partial charge on any atom is -0.294 e. The molecule has 0 unspecified atom stereocenters. The summed E-state index contributed by atoms with van der Waals surface area (Å²) in [5, 5.41) is 0. The van der Waals surface area contributed by atoms with Crippen LogP contribution in [0.5, 0.6) is 0 Å². The molecule has 0 atom stereocenters. The van der Waals surface area contributed by atoms with E-state index in [1.807, 2.05) is 36.4 Å². The normalized spacial score (nSPS) is 10.8. The van der Waals surface area contributed by atoms with Crippen molar-refractivity contribution in [2.75, 3.05) is 0 Å². The number of aromatic nitrogens is 1. The molecule has 3 rings (SSSR count). The van der Waals surface area contributed by atoms with E-state index in [9.17, 15) is 9.59 Å². The molecule has 136 valence electrons. The highest BCUT2D eigenvalue weighted by Crippen LogP contribution is 2.27. The first kappa shape index (κ1) is 19.6. The number of hydrogen-bond acceptors (Lipinski definition) is 3. The van der Waals surface area contributed by atoms with Gasteiger partial charge >= 0.3 is 0 Å². The van der Waals surface area contributed by atoms with Gasteiger partial charge in [-0.2, -0.15) is 0 Å². The lowest BCUT2D eigenvalue weighted by Gasteiger charge is -2.16. The first-order valence-corrected chi connectivity index (χ1v) is 10.1. The summed E-state index contributed by atoms with van der Waals surface area (Å²) in [6.07, 6.45) is 3.93. The van der Waals surface area contributed by atoms with E-state index in [4.69, 9.17) is 0 Å². The van der Waals surface area contributed by atoms with E-state index < -0.39 is 0 Å². The molecule has 3 aromatic rings. The second-order valence-corrected chi connectivity index (χ2v) is 8.08. The number of carbonyl (C=O) groups is 2. The summed E-state index contributed by atoms with van der Waals surface area (Å²) in [4.78, 5) is 29.5. The summed E-state index contributed by atoms with van der Waals surface area (Å²) in [6, 6.07) is 18.3. The van der Waals surface area contributed by atoms with Crippen molar-refractivity contribution < 1.29 is 9.59 Å². The quantitative estimate of drug-likeness (QED) is 0.371. The van der Waals surface area contributed by atoms with Gasteiger partial charge in [0.1, 0.15) is 0 Å². The van der Waals surface area contributed by atoms with Crippen molar-refractivity contribution >= 4 is 43.4 Å². The smallest absolute Gasteiger partial charge is 0.163 e. The molecule has 27 heavy (non-hydrogen) atoms. The number of benzene rings is 2. The Bertz CT molecular complexity index is 863. The molecular weight excluding hydrogens is 470 g/mol. The third-order valence-electron chi connectivity index (χ3n) is 4.37. The van der Waals surface area contributed by atoms with E-state index in [1.165, 1.54) is 0 Å². The molecule has 0 fully saturated rings. The van der Waals surface area contributed by atoms with E-state index in [1.54, 1.807) is 36.7 Å². The molecule has 3 nitrogen and oxygen atoms in total. The Labute approximate surface area is 175 Å². The van der Waals surface area contributed by atoms with Gasteiger partial charge in [0.15, 0.2) is 11.6 Å². The van der Waals surface area contributed by atoms with Gasteiger partial charge in [-0.15, -0.1) is 0 Å². The Balaban J connectivity index is 1.81. The van der Waals surface area contributed by atoms with Crippen molar-refractivity contribution in [3.05, 3.63) is 98.7 Å². The van der Waals surface area contributed by atoms with Crippen molar-refractivity contribution in [1.82, 2.24) is 4.98 Å². The fraction of sp³-hybridized carbons (Fsp3) is 0.136. The summed E-state index contributed by atoms with van der Waals surface area (Å²) in [6.45, 7) is 0. The summed E-state index contributed by atoms with van der Waals surface area (Å²) in [5.41, 5.74) is 2.24. The number of carbonyl (C=O) groups excluding carboxylic acids is 2. The van der Waals surface area contributed by atoms with Crippen LogP contribution in [0.2, 0.25) is 0 Å². The van der Waals surface area contributed by atoms with E-state index in [0.29, 0.717) is 11.1 Å². The summed E-state index contributed by atoms with van der Waals surface area (Å²) in [7, 11) is 0. The van der Waals surface area contributed by atoms with Crippen molar-refractivity contribution in [2.45, 2.75) is 18.8 Å². The van der Waals surface area contributed by atoms with Crippen molar-refractivity contribution in [3.8, 4) is 0 Å². The molecule has 0 saturated carbocycles. The molecule has 0 radical (unpaired) electrons. The summed E-state index contributed by atoms with van der Waals surface area (Å²) in [5.74, 6) is -0.152. The van der Waals surface area contributed by atoms with Crippen LogP contribution in [0, 0.1) is 0 Å². The first-order valence-electron chi connectivity index (χ1n) is 8.50. The molecule has 0 spiro atoms. The van der Waals surface area contributed by atoms with Gasteiger partial charge in [-0.3, -0.25) is 14.6 Å². The summed E-state index contributed by atoms with van der Waals surface area (Å²) >= 11 is 6.76. The van der Waals surface area contributed by atoms with Gasteiger partial charge in [0.25, 0.3) is 0 Å². The zero-order valence-corrected chi connectivity index (χ0v) is 17.6. The Morgan fingerprint density at radius 1 is 0.704 bits per heavy atom. The largest absolute Gasteiger partial charge is 0.294 e. The third-order valence-corrected chi connectivity index (χ3v) is 5.43. The molecule has 5 heteroatoms. The van der Waals surface area contributed by atoms with Gasteiger partial charge in [-0.1, -0.05) is 56.1 Å². The van der Waals surface area contributed by atoms with Crippen LogP contribution in [0.1, 0.15) is 45.0 Å². The van der Waals surface area contributed by atoms with Gasteiger partial charge in [0, 0.05) is 45.3 Å². The molecule has 0 aliphatic rings. The molecule has 0 N–H and O–H groups in total. The lowest BCUT2D eigenvalue weighted by atomic mass is 9.87. The van der Waals surface area contributed by atoms with Crippen LogP contribution in [0.4, 0.5) is 0 Å². The minimum atomic E-state index is -0.194. The number of Topliss-reactive ketones (excluding diaryl/α,β-unsaturated/α-hetero) is 2. The number of rotatable bonds is 7. The standard InChI is InChI=1S/C22H17Br2NO2/c23-19-5-1-16(2-6-19)21(26)13-18(15-9-11-25-12-10-15)14-22(27)17-3-7-20(24)8-4-17/h1-12,18H,13-14H2. The average molecular weight is 487 g/mol. The SMILES string of the molecule is O=C(CC(CC(=O)c1ccc(Br)cc1)c1ccncc1)c1ccc(Br)cc1. The van der Waals surface area contributed by atoms with Gasteiger partial charge in [-0.25, -0.2) is 0 Å². The predicted molar refractivity (Wildman–Crippen MR) is 113 cm³/mol. The van der Waals surface area contributed by atoms with Gasteiger partial charge in [0.05, 0.1) is 0 Å². The van der Waals surface area contributed by atoms with Crippen LogP contribution in [0.25, 0.3) is 0 Å². The highest BCUT2D eigenvalue weighted by atomic mass is 79.9. The fourth-order valence-corrected chi connectivity index (χ4v) is 3.43. The molecule has 0 aliphatic carbocycles. The maximum atomic E-state index is 12.8. The number of hydrogen-bond donors (Lipinski definition) is 0. The number of ketones is 2. The zero-order chi connectivity index (χ0) is 19.2. The van der Waals surface area contributed by atoms with E-state index in [2.05, 4.69) is 36.8 Å². The van der Waals surface area contributed by atoms with E-state index >= 15 is 0 Å². The number of nitrogens with zero attached hydrogens (tertiary/aromatic N) is 1. The Morgan fingerprint density at radius 3 is 1.52 bits per heavy atom. The van der Waals surface area contributed by atoms with Gasteiger partial charge < -0.3 is 0 Å². The molecular formula is C22H17Br2NO2. The van der Waals surface area contributed by atoms with Crippen molar-refractivity contribution in [2.24, 2.45) is 0 Å². The molecule has 1 aromatic heterocycles. The second kappa shape index (κ2) is 9.20. The van der Waals surface area contributed by atoms with Crippen LogP contribution in [0.3, 0.4) is 0 Å². The fourth-order valence-electron chi connectivity index (χ4n) is 2.90. The van der Waals surface area contributed by atoms with Crippen LogP contribution in [0.15, 0.2) is 82.0 Å². The van der Waals surface area contributed by atoms with Crippen LogP contribution >= 0.6 is 31.9 Å². The minimum absolute atomic E-state index is 0.0212. The Hall–Kier alpha value is -2.11. The highest BCUT2D eigenvalue weighted by Gasteiger charge is 2.21. The van der Waals surface area contributed by atoms with E-state index in [0.717, 1.165) is 14.5 Å². The maximum absolute atomic E-state index is 12.8. The van der Waals surface area contributed by atoms with Crippen LogP contribution < -0.4 is 0 Å². The summed E-state index contributed by atoms with van der Waals surface area (Å²) < 4.78 is 1.85. The Morgan fingerprint density at radius 2 is 1.11 bits per heavy atom. The predicted octanol–water partition coefficient (Wildman–Crippen LogP) is 6.24. The molecule has 0 aliphatic heterocycles. The van der Waals surface area contributed by atoms with Crippen molar-refractivity contribution in [3.63, 3.8) is 0 Å². The monoisotopic (exact) mass is 485 g/mol. The maximum Gasteiger partial charge on any atom is 0.163 e. The average Bonchev–Trinajstić information content (AvgIpc) is 2.69. The van der Waals surface area contributed by atoms with Crippen molar-refractivity contribution in [1.29, 1.82) is 0 Å². The molecule has 1 heterocycles. The lowest BCUT2D eigenvalue weighted by molar-refractivity contribution is 0.0944. The van der Waals surface area contributed by atoms with E-state index in [-0.39, 0.29) is 30.3 Å². The molecule has 0 amide bonds. The highest BCUT2D eigenvalue weighted by molar-refractivity contribution is 9.10. The zero-order valence-electron chi connectivity index (χ0n) is 14.4. The second-order valence-electron chi connectivity index (χ2n) is 6.25. The Kier molecular flexibility index (Phi) is 6.69. The topological polar surface area (TPSA) is 47.0 Å². The van der Waals surface area contributed by atoms with Gasteiger partial charge in [-0.05, 0) is 47.9 Å². The lowest BCUT2D eigenvalue weighted by Crippen LogP contribution is -2.13. The number of halogens is 2. The third kappa shape index (κ3) is 5.44. The van der Waals surface area contributed by atoms with Crippen LogP contribution in [-0.2, 0) is 0 Å². The molecule has 0 saturated heterocycles. The molecule has 2 aromatic carbocycles. The molecule has 0 bridgehead atoms. The first-order chi connectivity index (χ1) is 13.0.